The van der Waals surface area contributed by atoms with Crippen LogP contribution in [0.15, 0.2) is 24.3 Å². The summed E-state index contributed by atoms with van der Waals surface area (Å²) in [6.07, 6.45) is 1.29. The lowest BCUT2D eigenvalue weighted by molar-refractivity contribution is -0.118. The van der Waals surface area contributed by atoms with Crippen LogP contribution in [0.3, 0.4) is 0 Å². The summed E-state index contributed by atoms with van der Waals surface area (Å²) in [4.78, 5) is 14.0. The van der Waals surface area contributed by atoms with Crippen LogP contribution in [-0.4, -0.2) is 43.0 Å². The van der Waals surface area contributed by atoms with Crippen LogP contribution in [0.4, 0.5) is 5.13 Å². The van der Waals surface area contributed by atoms with Gasteiger partial charge in [0.2, 0.25) is 11.0 Å². The number of rotatable bonds is 9. The van der Waals surface area contributed by atoms with Crippen LogP contribution in [0.25, 0.3) is 10.6 Å². The number of aromatic nitrogens is 2. The van der Waals surface area contributed by atoms with Crippen LogP contribution in [0.5, 0.6) is 5.75 Å². The quantitative estimate of drug-likeness (QED) is 0.694. The molecular formula is C17H23N3O3S. The third kappa shape index (κ3) is 4.75. The molecule has 0 saturated heterocycles. The Morgan fingerprint density at radius 1 is 1.21 bits per heavy atom. The molecule has 0 bridgehead atoms. The van der Waals surface area contributed by atoms with E-state index in [-0.39, 0.29) is 5.91 Å². The molecule has 1 aromatic heterocycles. The van der Waals surface area contributed by atoms with Crippen molar-refractivity contribution >= 4 is 22.4 Å². The van der Waals surface area contributed by atoms with Gasteiger partial charge < -0.3 is 9.47 Å². The van der Waals surface area contributed by atoms with Gasteiger partial charge in [-0.25, -0.2) is 0 Å². The molecule has 0 aliphatic heterocycles. The second-order valence-electron chi connectivity index (χ2n) is 5.14. The number of methoxy groups -OCH3 is 1. The van der Waals surface area contributed by atoms with Crippen LogP contribution in [0, 0.1) is 0 Å². The fraction of sp³-hybridized carbons (Fsp3) is 0.471. The fourth-order valence-corrected chi connectivity index (χ4v) is 3.05. The Labute approximate surface area is 146 Å². The number of hydrogen-bond donors (Lipinski definition) is 0. The molecule has 0 atom stereocenters. The summed E-state index contributed by atoms with van der Waals surface area (Å²) in [6, 6.07) is 7.71. The molecule has 0 aliphatic rings. The molecular weight excluding hydrogens is 326 g/mol. The monoisotopic (exact) mass is 349 g/mol. The van der Waals surface area contributed by atoms with Crippen molar-refractivity contribution in [2.45, 2.75) is 26.7 Å². The van der Waals surface area contributed by atoms with E-state index in [1.807, 2.05) is 38.1 Å². The van der Waals surface area contributed by atoms with E-state index in [1.165, 1.54) is 11.3 Å². The van der Waals surface area contributed by atoms with Gasteiger partial charge in [-0.05, 0) is 37.6 Å². The Balaban J connectivity index is 2.17. The van der Waals surface area contributed by atoms with Gasteiger partial charge in [0.05, 0.1) is 19.8 Å². The van der Waals surface area contributed by atoms with Crippen molar-refractivity contribution in [3.63, 3.8) is 0 Å². The van der Waals surface area contributed by atoms with Crippen LogP contribution >= 0.6 is 11.3 Å². The zero-order chi connectivity index (χ0) is 17.4. The second-order valence-corrected chi connectivity index (χ2v) is 6.09. The number of amides is 1. The third-order valence-corrected chi connectivity index (χ3v) is 4.34. The highest BCUT2D eigenvalue weighted by Gasteiger charge is 2.19. The lowest BCUT2D eigenvalue weighted by atomic mass is 10.2. The molecule has 6 nitrogen and oxygen atoms in total. The first-order valence-corrected chi connectivity index (χ1v) is 8.87. The highest BCUT2D eigenvalue weighted by molar-refractivity contribution is 7.18. The Bertz CT molecular complexity index is 643. The highest BCUT2D eigenvalue weighted by atomic mass is 32.1. The van der Waals surface area contributed by atoms with Crippen molar-refractivity contribution in [1.82, 2.24) is 10.2 Å². The Morgan fingerprint density at radius 2 is 1.96 bits per heavy atom. The number of ether oxygens (including phenoxy) is 2. The molecule has 2 aromatic rings. The minimum absolute atomic E-state index is 0.0453. The summed E-state index contributed by atoms with van der Waals surface area (Å²) >= 11 is 1.40. The number of anilines is 1. The maximum absolute atomic E-state index is 12.3. The van der Waals surface area contributed by atoms with Crippen LogP contribution < -0.4 is 9.64 Å². The molecule has 1 aromatic carbocycles. The molecule has 7 heteroatoms. The number of carbonyl (C=O) groups is 1. The minimum atomic E-state index is 0.0453. The number of hydrogen-bond acceptors (Lipinski definition) is 6. The average Bonchev–Trinajstić information content (AvgIpc) is 3.06. The van der Waals surface area contributed by atoms with Gasteiger partial charge in [-0.15, -0.1) is 10.2 Å². The van der Waals surface area contributed by atoms with Crippen molar-refractivity contribution in [2.24, 2.45) is 0 Å². The molecule has 0 aliphatic carbocycles. The number of carbonyl (C=O) groups excluding carboxylic acids is 1. The summed E-state index contributed by atoms with van der Waals surface area (Å²) in [7, 11) is 1.62. The summed E-state index contributed by atoms with van der Waals surface area (Å²) < 4.78 is 10.5. The van der Waals surface area contributed by atoms with Gasteiger partial charge in [-0.3, -0.25) is 9.69 Å². The van der Waals surface area contributed by atoms with E-state index in [0.717, 1.165) is 22.7 Å². The van der Waals surface area contributed by atoms with Crippen molar-refractivity contribution < 1.29 is 14.3 Å². The van der Waals surface area contributed by atoms with Gasteiger partial charge in [0, 0.05) is 19.1 Å². The summed E-state index contributed by atoms with van der Waals surface area (Å²) in [6.45, 7) is 5.52. The first-order valence-electron chi connectivity index (χ1n) is 8.05. The van der Waals surface area contributed by atoms with Crippen molar-refractivity contribution in [3.8, 4) is 16.3 Å². The Morgan fingerprint density at radius 3 is 2.58 bits per heavy atom. The SMILES string of the molecule is CCCC(=O)N(CCOC)c1nnc(-c2ccc(OCC)cc2)s1. The molecule has 1 amide bonds. The highest BCUT2D eigenvalue weighted by Crippen LogP contribution is 2.30. The lowest BCUT2D eigenvalue weighted by Crippen LogP contribution is -2.33. The first-order chi connectivity index (χ1) is 11.7. The fourth-order valence-electron chi connectivity index (χ4n) is 2.16. The standard InChI is InChI=1S/C17H23N3O3S/c1-4-6-15(21)20(11-12-22-3)17-19-18-16(24-17)13-7-9-14(10-8-13)23-5-2/h7-10H,4-6,11-12H2,1-3H3. The topological polar surface area (TPSA) is 64.6 Å². The lowest BCUT2D eigenvalue weighted by Gasteiger charge is -2.18. The van der Waals surface area contributed by atoms with E-state index in [9.17, 15) is 4.79 Å². The zero-order valence-electron chi connectivity index (χ0n) is 14.3. The van der Waals surface area contributed by atoms with Gasteiger partial charge in [0.25, 0.3) is 0 Å². The van der Waals surface area contributed by atoms with E-state index in [2.05, 4.69) is 10.2 Å². The Kier molecular flexibility index (Phi) is 7.14. The average molecular weight is 349 g/mol. The molecule has 0 fully saturated rings. The smallest absolute Gasteiger partial charge is 0.228 e. The third-order valence-electron chi connectivity index (χ3n) is 3.34. The molecule has 0 radical (unpaired) electrons. The van der Waals surface area contributed by atoms with E-state index >= 15 is 0 Å². The van der Waals surface area contributed by atoms with E-state index in [1.54, 1.807) is 12.0 Å². The van der Waals surface area contributed by atoms with E-state index in [0.29, 0.717) is 31.3 Å². The molecule has 0 unspecified atom stereocenters. The summed E-state index contributed by atoms with van der Waals surface area (Å²) in [5.74, 6) is 0.870. The number of benzene rings is 1. The maximum atomic E-state index is 12.3. The summed E-state index contributed by atoms with van der Waals surface area (Å²) in [5.41, 5.74) is 0.955. The predicted octanol–water partition coefficient (Wildman–Crippen LogP) is 3.38. The molecule has 24 heavy (non-hydrogen) atoms. The van der Waals surface area contributed by atoms with Gasteiger partial charge in [-0.2, -0.15) is 0 Å². The van der Waals surface area contributed by atoms with Crippen molar-refractivity contribution in [1.29, 1.82) is 0 Å². The molecule has 0 N–H and O–H groups in total. The molecule has 130 valence electrons. The van der Waals surface area contributed by atoms with Gasteiger partial charge in [-0.1, -0.05) is 18.3 Å². The molecule has 0 saturated carbocycles. The summed E-state index contributed by atoms with van der Waals surface area (Å²) in [5, 5.41) is 9.80. The zero-order valence-corrected chi connectivity index (χ0v) is 15.1. The number of nitrogens with zero attached hydrogens (tertiary/aromatic N) is 3. The van der Waals surface area contributed by atoms with E-state index in [4.69, 9.17) is 9.47 Å². The van der Waals surface area contributed by atoms with E-state index < -0.39 is 0 Å². The van der Waals surface area contributed by atoms with Gasteiger partial charge in [0.15, 0.2) is 0 Å². The Hall–Kier alpha value is -1.99. The van der Waals surface area contributed by atoms with Crippen LogP contribution in [0.1, 0.15) is 26.7 Å². The van der Waals surface area contributed by atoms with Crippen molar-refractivity contribution in [2.75, 3.05) is 31.8 Å². The first kappa shape index (κ1) is 18.4. The molecule has 1 heterocycles. The predicted molar refractivity (Wildman–Crippen MR) is 95.7 cm³/mol. The molecule has 2 rings (SSSR count). The minimum Gasteiger partial charge on any atom is -0.494 e. The normalized spacial score (nSPS) is 10.6. The maximum Gasteiger partial charge on any atom is 0.228 e. The van der Waals surface area contributed by atoms with Crippen molar-refractivity contribution in [3.05, 3.63) is 24.3 Å². The second kappa shape index (κ2) is 9.34. The largest absolute Gasteiger partial charge is 0.494 e. The van der Waals surface area contributed by atoms with Crippen LogP contribution in [0.2, 0.25) is 0 Å². The van der Waals surface area contributed by atoms with Gasteiger partial charge >= 0.3 is 0 Å². The molecule has 0 spiro atoms. The van der Waals surface area contributed by atoms with Gasteiger partial charge in [0.1, 0.15) is 10.8 Å². The van der Waals surface area contributed by atoms with Crippen LogP contribution in [-0.2, 0) is 9.53 Å².